The number of amides is 1. The van der Waals surface area contributed by atoms with Crippen LogP contribution in [0.25, 0.3) is 0 Å². The van der Waals surface area contributed by atoms with Gasteiger partial charge in [0.15, 0.2) is 0 Å². The van der Waals surface area contributed by atoms with Gasteiger partial charge in [-0.05, 0) is 23.5 Å². The molecule has 1 aromatic carbocycles. The first-order chi connectivity index (χ1) is 9.45. The van der Waals surface area contributed by atoms with Gasteiger partial charge < -0.3 is 4.90 Å². The molecule has 0 aliphatic rings. The lowest BCUT2D eigenvalue weighted by Crippen LogP contribution is -2.37. The summed E-state index contributed by atoms with van der Waals surface area (Å²) in [6.45, 7) is 9.95. The quantitative estimate of drug-likeness (QED) is 0.795. The lowest BCUT2D eigenvalue weighted by Gasteiger charge is -2.27. The zero-order valence-electron chi connectivity index (χ0n) is 12.9. The summed E-state index contributed by atoms with van der Waals surface area (Å²) in [6.07, 6.45) is 0.277. The number of nitriles is 1. The van der Waals surface area contributed by atoms with Crippen LogP contribution >= 0.6 is 0 Å². The summed E-state index contributed by atoms with van der Waals surface area (Å²) in [5.74, 6) is 0.903. The molecule has 3 heteroatoms. The monoisotopic (exact) mass is 272 g/mol. The number of hydrogen-bond donors (Lipinski definition) is 0. The van der Waals surface area contributed by atoms with Crippen LogP contribution in [0.4, 0.5) is 0 Å². The Balaban J connectivity index is 3.02. The normalized spacial score (nSPS) is 10.7. The third-order valence-corrected chi connectivity index (χ3v) is 2.98. The summed E-state index contributed by atoms with van der Waals surface area (Å²) in [4.78, 5) is 14.6. The first kappa shape index (κ1) is 16.2. The van der Waals surface area contributed by atoms with Crippen LogP contribution in [-0.2, 0) is 6.42 Å². The summed E-state index contributed by atoms with van der Waals surface area (Å²) >= 11 is 0. The molecular formula is C17H24N2O. The number of rotatable bonds is 6. The van der Waals surface area contributed by atoms with E-state index in [9.17, 15) is 4.79 Å². The number of carbonyl (C=O) groups excluding carboxylic acids is 1. The molecule has 1 aromatic rings. The van der Waals surface area contributed by atoms with Gasteiger partial charge in [-0.3, -0.25) is 4.79 Å². The van der Waals surface area contributed by atoms with Gasteiger partial charge in [0.2, 0.25) is 0 Å². The van der Waals surface area contributed by atoms with Crippen LogP contribution in [0.15, 0.2) is 24.3 Å². The van der Waals surface area contributed by atoms with Crippen LogP contribution in [0.2, 0.25) is 0 Å². The minimum absolute atomic E-state index is 0.0400. The van der Waals surface area contributed by atoms with Crippen molar-refractivity contribution in [3.63, 3.8) is 0 Å². The first-order valence-electron chi connectivity index (χ1n) is 7.19. The van der Waals surface area contributed by atoms with E-state index in [0.717, 1.165) is 18.7 Å². The maximum atomic E-state index is 12.7. The summed E-state index contributed by atoms with van der Waals surface area (Å²) in [6, 6.07) is 9.54. The van der Waals surface area contributed by atoms with E-state index in [1.807, 2.05) is 29.2 Å². The fourth-order valence-corrected chi connectivity index (χ4v) is 2.26. The molecule has 0 unspecified atom stereocenters. The van der Waals surface area contributed by atoms with Crippen molar-refractivity contribution in [2.45, 2.75) is 34.1 Å². The van der Waals surface area contributed by atoms with E-state index >= 15 is 0 Å². The summed E-state index contributed by atoms with van der Waals surface area (Å²) in [5.41, 5.74) is 1.48. The largest absolute Gasteiger partial charge is 0.338 e. The van der Waals surface area contributed by atoms with Crippen molar-refractivity contribution in [3.8, 4) is 6.07 Å². The Morgan fingerprint density at radius 2 is 1.70 bits per heavy atom. The molecule has 20 heavy (non-hydrogen) atoms. The van der Waals surface area contributed by atoms with Crippen LogP contribution in [0.3, 0.4) is 0 Å². The van der Waals surface area contributed by atoms with Crippen molar-refractivity contribution in [3.05, 3.63) is 35.4 Å². The summed E-state index contributed by atoms with van der Waals surface area (Å²) in [7, 11) is 0. The van der Waals surface area contributed by atoms with Crippen LogP contribution in [0, 0.1) is 23.2 Å². The molecule has 0 fully saturated rings. The molecule has 0 aliphatic carbocycles. The smallest absolute Gasteiger partial charge is 0.254 e. The van der Waals surface area contributed by atoms with E-state index in [4.69, 9.17) is 5.26 Å². The minimum Gasteiger partial charge on any atom is -0.338 e. The predicted octanol–water partition coefficient (Wildman–Crippen LogP) is 3.51. The summed E-state index contributed by atoms with van der Waals surface area (Å²) in [5, 5.41) is 8.88. The number of carbonyl (C=O) groups is 1. The highest BCUT2D eigenvalue weighted by molar-refractivity contribution is 5.95. The number of nitrogens with zero attached hydrogens (tertiary/aromatic N) is 2. The third kappa shape index (κ3) is 4.70. The Morgan fingerprint density at radius 3 is 2.20 bits per heavy atom. The van der Waals surface area contributed by atoms with Crippen LogP contribution in [0.1, 0.15) is 43.6 Å². The van der Waals surface area contributed by atoms with Gasteiger partial charge in [-0.25, -0.2) is 0 Å². The average molecular weight is 272 g/mol. The van der Waals surface area contributed by atoms with Crippen molar-refractivity contribution in [1.29, 1.82) is 5.26 Å². The van der Waals surface area contributed by atoms with Crippen molar-refractivity contribution in [1.82, 2.24) is 4.90 Å². The zero-order chi connectivity index (χ0) is 15.1. The van der Waals surface area contributed by atoms with Crippen molar-refractivity contribution in [2.75, 3.05) is 13.1 Å². The van der Waals surface area contributed by atoms with Gasteiger partial charge >= 0.3 is 0 Å². The molecule has 0 spiro atoms. The Bertz CT molecular complexity index is 476. The van der Waals surface area contributed by atoms with Gasteiger partial charge in [-0.1, -0.05) is 45.9 Å². The van der Waals surface area contributed by atoms with Crippen molar-refractivity contribution >= 4 is 5.91 Å². The lowest BCUT2D eigenvalue weighted by atomic mass is 10.0. The standard InChI is InChI=1S/C17H24N2O/c1-13(2)11-19(12-14(3)4)17(20)16-8-6-5-7-15(16)9-10-18/h5-8,13-14H,9,11-12H2,1-4H3. The molecule has 0 saturated carbocycles. The highest BCUT2D eigenvalue weighted by Crippen LogP contribution is 2.15. The highest BCUT2D eigenvalue weighted by atomic mass is 16.2. The molecule has 0 N–H and O–H groups in total. The molecular weight excluding hydrogens is 248 g/mol. The lowest BCUT2D eigenvalue weighted by molar-refractivity contribution is 0.0714. The number of benzene rings is 1. The predicted molar refractivity (Wildman–Crippen MR) is 81.3 cm³/mol. The van der Waals surface area contributed by atoms with Crippen LogP contribution in [-0.4, -0.2) is 23.9 Å². The zero-order valence-corrected chi connectivity index (χ0v) is 12.9. The molecule has 0 aromatic heterocycles. The van der Waals surface area contributed by atoms with Crippen molar-refractivity contribution < 1.29 is 4.79 Å². The molecule has 0 radical (unpaired) electrons. The second-order valence-corrected chi connectivity index (χ2v) is 5.99. The topological polar surface area (TPSA) is 44.1 Å². The molecule has 108 valence electrons. The Hall–Kier alpha value is -1.82. The summed E-state index contributed by atoms with van der Waals surface area (Å²) < 4.78 is 0. The van der Waals surface area contributed by atoms with Gasteiger partial charge in [0.25, 0.3) is 5.91 Å². The molecule has 0 bridgehead atoms. The minimum atomic E-state index is 0.0400. The van der Waals surface area contributed by atoms with E-state index in [-0.39, 0.29) is 12.3 Å². The number of hydrogen-bond acceptors (Lipinski definition) is 2. The van der Waals surface area contributed by atoms with E-state index < -0.39 is 0 Å². The fraction of sp³-hybridized carbons (Fsp3) is 0.529. The van der Waals surface area contributed by atoms with Crippen LogP contribution < -0.4 is 0 Å². The van der Waals surface area contributed by atoms with E-state index in [1.54, 1.807) is 0 Å². The van der Waals surface area contributed by atoms with E-state index in [0.29, 0.717) is 17.4 Å². The van der Waals surface area contributed by atoms with E-state index in [2.05, 4.69) is 33.8 Å². The maximum absolute atomic E-state index is 12.7. The molecule has 0 saturated heterocycles. The second kappa shape index (κ2) is 7.69. The molecule has 0 atom stereocenters. The maximum Gasteiger partial charge on any atom is 0.254 e. The molecule has 3 nitrogen and oxygen atoms in total. The molecule has 0 aliphatic heterocycles. The third-order valence-electron chi connectivity index (χ3n) is 2.98. The average Bonchev–Trinajstić information content (AvgIpc) is 2.37. The van der Waals surface area contributed by atoms with Gasteiger partial charge in [-0.15, -0.1) is 0 Å². The Labute approximate surface area is 122 Å². The van der Waals surface area contributed by atoms with Gasteiger partial charge in [-0.2, -0.15) is 5.26 Å². The molecule has 1 rings (SSSR count). The van der Waals surface area contributed by atoms with Gasteiger partial charge in [0.1, 0.15) is 0 Å². The van der Waals surface area contributed by atoms with Gasteiger partial charge in [0.05, 0.1) is 12.5 Å². The molecule has 0 heterocycles. The second-order valence-electron chi connectivity index (χ2n) is 5.99. The van der Waals surface area contributed by atoms with E-state index in [1.165, 1.54) is 0 Å². The van der Waals surface area contributed by atoms with Crippen molar-refractivity contribution in [2.24, 2.45) is 11.8 Å². The Kier molecular flexibility index (Phi) is 6.24. The van der Waals surface area contributed by atoms with Crippen LogP contribution in [0.5, 0.6) is 0 Å². The fourth-order valence-electron chi connectivity index (χ4n) is 2.26. The Morgan fingerprint density at radius 1 is 1.15 bits per heavy atom. The SMILES string of the molecule is CC(C)CN(CC(C)C)C(=O)c1ccccc1CC#N. The first-order valence-corrected chi connectivity index (χ1v) is 7.19. The molecule has 1 amide bonds. The van der Waals surface area contributed by atoms with Gasteiger partial charge in [0, 0.05) is 18.7 Å². The highest BCUT2D eigenvalue weighted by Gasteiger charge is 2.20.